The fourth-order valence-electron chi connectivity index (χ4n) is 3.90. The quantitative estimate of drug-likeness (QED) is 0.503. The molecular formula is C23H19Cl2FN4O2S. The van der Waals surface area contributed by atoms with Crippen LogP contribution in [0.15, 0.2) is 65.7 Å². The van der Waals surface area contributed by atoms with E-state index < -0.39 is 21.3 Å². The molecule has 2 heterocycles. The molecule has 10 heteroatoms. The number of hydrogen-bond acceptors (Lipinski definition) is 5. The number of nitrogens with zero attached hydrogens (tertiary/aromatic N) is 3. The van der Waals surface area contributed by atoms with E-state index in [-0.39, 0.29) is 20.6 Å². The second kappa shape index (κ2) is 9.18. The first kappa shape index (κ1) is 23.3. The van der Waals surface area contributed by atoms with Gasteiger partial charge in [0.1, 0.15) is 11.6 Å². The Balaban J connectivity index is 1.49. The molecule has 0 radical (unpaired) electrons. The summed E-state index contributed by atoms with van der Waals surface area (Å²) in [6.45, 7) is 1.16. The zero-order valence-electron chi connectivity index (χ0n) is 17.3. The summed E-state index contributed by atoms with van der Waals surface area (Å²) in [4.78, 5) is 6.16. The highest BCUT2D eigenvalue weighted by Gasteiger charge is 2.37. The molecule has 0 saturated carbocycles. The largest absolute Gasteiger partial charge is 0.355 e. The SMILES string of the molecule is N#CC1(c2ccccc2)CCN(c2ncc(NS(=O)(=O)c3ccc(F)c(Cl)c3)cc2Cl)CC1. The lowest BCUT2D eigenvalue weighted by atomic mass is 9.74. The number of pyridine rings is 1. The van der Waals surface area contributed by atoms with Crippen molar-refractivity contribution in [2.45, 2.75) is 23.2 Å². The summed E-state index contributed by atoms with van der Waals surface area (Å²) in [6.07, 6.45) is 2.60. The van der Waals surface area contributed by atoms with Crippen molar-refractivity contribution < 1.29 is 12.8 Å². The molecule has 0 bridgehead atoms. The molecule has 0 unspecified atom stereocenters. The average Bonchev–Trinajstić information content (AvgIpc) is 2.81. The van der Waals surface area contributed by atoms with E-state index in [0.717, 1.165) is 23.8 Å². The number of anilines is 2. The number of halogens is 3. The fourth-order valence-corrected chi connectivity index (χ4v) is 5.49. The van der Waals surface area contributed by atoms with Crippen molar-refractivity contribution in [3.8, 4) is 6.07 Å². The Morgan fingerprint density at radius 3 is 2.36 bits per heavy atom. The molecule has 0 spiro atoms. The van der Waals surface area contributed by atoms with Crippen molar-refractivity contribution in [1.29, 1.82) is 5.26 Å². The van der Waals surface area contributed by atoms with Gasteiger partial charge in [0, 0.05) is 13.1 Å². The maximum atomic E-state index is 13.4. The van der Waals surface area contributed by atoms with Gasteiger partial charge in [0.2, 0.25) is 0 Å². The van der Waals surface area contributed by atoms with Crippen molar-refractivity contribution in [1.82, 2.24) is 4.98 Å². The second-order valence-electron chi connectivity index (χ2n) is 7.76. The van der Waals surface area contributed by atoms with Gasteiger partial charge in [-0.3, -0.25) is 4.72 Å². The first-order valence-corrected chi connectivity index (χ1v) is 12.3. The van der Waals surface area contributed by atoms with Gasteiger partial charge in [0.25, 0.3) is 10.0 Å². The minimum Gasteiger partial charge on any atom is -0.355 e. The third-order valence-electron chi connectivity index (χ3n) is 5.73. The van der Waals surface area contributed by atoms with Gasteiger partial charge < -0.3 is 4.90 Å². The topological polar surface area (TPSA) is 86.1 Å². The van der Waals surface area contributed by atoms with Crippen LogP contribution in [0.4, 0.5) is 15.9 Å². The number of nitriles is 1. The summed E-state index contributed by atoms with van der Waals surface area (Å²) in [5.41, 5.74) is 0.602. The number of benzene rings is 2. The average molecular weight is 505 g/mol. The fraction of sp³-hybridized carbons (Fsp3) is 0.217. The maximum Gasteiger partial charge on any atom is 0.261 e. The molecule has 3 aromatic rings. The maximum absolute atomic E-state index is 13.4. The van der Waals surface area contributed by atoms with Gasteiger partial charge in [-0.05, 0) is 42.7 Å². The van der Waals surface area contributed by atoms with E-state index in [1.54, 1.807) is 0 Å². The van der Waals surface area contributed by atoms with Crippen LogP contribution in [0.5, 0.6) is 0 Å². The van der Waals surface area contributed by atoms with E-state index >= 15 is 0 Å². The van der Waals surface area contributed by atoms with Gasteiger partial charge in [-0.15, -0.1) is 0 Å². The van der Waals surface area contributed by atoms with E-state index in [9.17, 15) is 18.1 Å². The molecule has 1 aliphatic rings. The molecule has 0 aliphatic carbocycles. The number of aromatic nitrogens is 1. The standard InChI is InChI=1S/C23H19Cl2FN4O2S/c24-19-13-18(6-7-21(19)26)33(31,32)29-17-12-20(25)22(28-14-17)30-10-8-23(15-27,9-11-30)16-4-2-1-3-5-16/h1-7,12-14,29H,8-11H2. The lowest BCUT2D eigenvalue weighted by molar-refractivity contribution is 0.414. The molecule has 170 valence electrons. The van der Waals surface area contributed by atoms with Crippen molar-refractivity contribution in [3.63, 3.8) is 0 Å². The third-order valence-corrected chi connectivity index (χ3v) is 7.68. The van der Waals surface area contributed by atoms with Crippen LogP contribution in [-0.2, 0) is 15.4 Å². The zero-order valence-corrected chi connectivity index (χ0v) is 19.6. The van der Waals surface area contributed by atoms with Gasteiger partial charge in [0.15, 0.2) is 0 Å². The lowest BCUT2D eigenvalue weighted by Crippen LogP contribution is -2.42. The van der Waals surface area contributed by atoms with E-state index in [1.165, 1.54) is 12.3 Å². The van der Waals surface area contributed by atoms with Crippen LogP contribution >= 0.6 is 23.2 Å². The van der Waals surface area contributed by atoms with Crippen LogP contribution in [-0.4, -0.2) is 26.5 Å². The van der Waals surface area contributed by atoms with Gasteiger partial charge in [-0.1, -0.05) is 53.5 Å². The molecule has 1 aromatic heterocycles. The molecule has 6 nitrogen and oxygen atoms in total. The molecular weight excluding hydrogens is 486 g/mol. The summed E-state index contributed by atoms with van der Waals surface area (Å²) in [6, 6.07) is 16.8. The summed E-state index contributed by atoms with van der Waals surface area (Å²) in [5.74, 6) is -0.192. The molecule has 4 rings (SSSR count). The van der Waals surface area contributed by atoms with Crippen LogP contribution < -0.4 is 9.62 Å². The van der Waals surface area contributed by atoms with Gasteiger partial charge in [0.05, 0.1) is 38.3 Å². The highest BCUT2D eigenvalue weighted by atomic mass is 35.5. The van der Waals surface area contributed by atoms with Gasteiger partial charge in [-0.2, -0.15) is 5.26 Å². The predicted octanol–water partition coefficient (Wildman–Crippen LogP) is 5.39. The Morgan fingerprint density at radius 1 is 1.06 bits per heavy atom. The number of hydrogen-bond donors (Lipinski definition) is 1. The van der Waals surface area contributed by atoms with E-state index in [0.29, 0.717) is 31.7 Å². The molecule has 1 saturated heterocycles. The van der Waals surface area contributed by atoms with Crippen molar-refractivity contribution >= 4 is 44.7 Å². The highest BCUT2D eigenvalue weighted by Crippen LogP contribution is 2.38. The molecule has 1 aliphatic heterocycles. The molecule has 0 amide bonds. The van der Waals surface area contributed by atoms with Gasteiger partial charge >= 0.3 is 0 Å². The van der Waals surface area contributed by atoms with Crippen LogP contribution in [0, 0.1) is 17.1 Å². The number of sulfonamides is 1. The van der Waals surface area contributed by atoms with Crippen LogP contribution in [0.2, 0.25) is 10.0 Å². The Hall–Kier alpha value is -2.86. The Labute approximate surface area is 201 Å². The van der Waals surface area contributed by atoms with Crippen molar-refractivity contribution in [2.24, 2.45) is 0 Å². The van der Waals surface area contributed by atoms with E-state index in [4.69, 9.17) is 23.2 Å². The molecule has 33 heavy (non-hydrogen) atoms. The van der Waals surface area contributed by atoms with Crippen molar-refractivity contribution in [2.75, 3.05) is 22.7 Å². The summed E-state index contributed by atoms with van der Waals surface area (Å²) >= 11 is 12.1. The van der Waals surface area contributed by atoms with Gasteiger partial charge in [-0.25, -0.2) is 17.8 Å². The normalized spacial score (nSPS) is 15.6. The Kier molecular flexibility index (Phi) is 6.48. The first-order chi connectivity index (χ1) is 15.7. The smallest absolute Gasteiger partial charge is 0.261 e. The zero-order chi connectivity index (χ0) is 23.6. The first-order valence-electron chi connectivity index (χ1n) is 10.1. The third kappa shape index (κ3) is 4.76. The van der Waals surface area contributed by atoms with Crippen LogP contribution in [0.1, 0.15) is 18.4 Å². The van der Waals surface area contributed by atoms with Crippen molar-refractivity contribution in [3.05, 3.63) is 82.2 Å². The molecule has 2 aromatic carbocycles. The molecule has 0 atom stereocenters. The Morgan fingerprint density at radius 2 is 1.76 bits per heavy atom. The van der Waals surface area contributed by atoms with Crippen LogP contribution in [0.3, 0.4) is 0 Å². The van der Waals surface area contributed by atoms with Crippen LogP contribution in [0.25, 0.3) is 0 Å². The number of rotatable bonds is 5. The molecule has 1 N–H and O–H groups in total. The highest BCUT2D eigenvalue weighted by molar-refractivity contribution is 7.92. The molecule has 1 fully saturated rings. The van der Waals surface area contributed by atoms with E-state index in [1.807, 2.05) is 35.2 Å². The van der Waals surface area contributed by atoms with E-state index in [2.05, 4.69) is 15.8 Å². The number of piperidine rings is 1. The summed E-state index contributed by atoms with van der Waals surface area (Å²) < 4.78 is 40.9. The minimum absolute atomic E-state index is 0.164. The second-order valence-corrected chi connectivity index (χ2v) is 10.3. The predicted molar refractivity (Wildman–Crippen MR) is 127 cm³/mol. The Bertz CT molecular complexity index is 1320. The lowest BCUT2D eigenvalue weighted by Gasteiger charge is -2.38. The summed E-state index contributed by atoms with van der Waals surface area (Å²) in [7, 11) is -4.01. The minimum atomic E-state index is -4.01. The monoisotopic (exact) mass is 504 g/mol. The number of nitrogens with one attached hydrogen (secondary N) is 1. The summed E-state index contributed by atoms with van der Waals surface area (Å²) in [5, 5.41) is 9.85.